The van der Waals surface area contributed by atoms with Gasteiger partial charge in [-0.25, -0.2) is 0 Å². The van der Waals surface area contributed by atoms with Gasteiger partial charge >= 0.3 is 0 Å². The Morgan fingerprint density at radius 1 is 1.38 bits per heavy atom. The fourth-order valence-electron chi connectivity index (χ4n) is 1.81. The summed E-state index contributed by atoms with van der Waals surface area (Å²) in [5, 5.41) is 0. The molecule has 0 bridgehead atoms. The Balaban J connectivity index is 2.42. The zero-order chi connectivity index (χ0) is 9.84. The lowest BCUT2D eigenvalue weighted by Crippen LogP contribution is -2.54. The Morgan fingerprint density at radius 2 is 2.08 bits per heavy atom. The number of rotatable bonds is 3. The number of nitrogens with zero attached hydrogens (tertiary/aromatic N) is 2. The second-order valence-corrected chi connectivity index (χ2v) is 4.18. The van der Waals surface area contributed by atoms with Gasteiger partial charge in [-0.15, -0.1) is 0 Å². The van der Waals surface area contributed by atoms with Gasteiger partial charge in [-0.3, -0.25) is 9.80 Å². The molecule has 13 heavy (non-hydrogen) atoms. The van der Waals surface area contributed by atoms with E-state index in [2.05, 4.69) is 30.7 Å². The molecule has 0 unspecified atom stereocenters. The first-order valence-corrected chi connectivity index (χ1v) is 5.08. The fourth-order valence-corrected chi connectivity index (χ4v) is 1.81. The lowest BCUT2D eigenvalue weighted by molar-refractivity contribution is 0.0286. The highest BCUT2D eigenvalue weighted by atomic mass is 16.5. The maximum atomic E-state index is 5.21. The van der Waals surface area contributed by atoms with Crippen LogP contribution in [0.3, 0.4) is 0 Å². The summed E-state index contributed by atoms with van der Waals surface area (Å²) < 4.78 is 5.21. The van der Waals surface area contributed by atoms with Gasteiger partial charge in [0.2, 0.25) is 0 Å². The van der Waals surface area contributed by atoms with E-state index in [9.17, 15) is 0 Å². The largest absolute Gasteiger partial charge is 0.383 e. The highest BCUT2D eigenvalue weighted by Crippen LogP contribution is 2.10. The van der Waals surface area contributed by atoms with Gasteiger partial charge in [-0.1, -0.05) is 0 Å². The van der Waals surface area contributed by atoms with E-state index >= 15 is 0 Å². The molecular formula is C10H22N2O. The number of hydrogen-bond donors (Lipinski definition) is 0. The van der Waals surface area contributed by atoms with Crippen molar-refractivity contribution in [2.45, 2.75) is 25.9 Å². The molecule has 0 radical (unpaired) electrons. The summed E-state index contributed by atoms with van der Waals surface area (Å²) in [6.07, 6.45) is 0. The minimum absolute atomic E-state index is 0.571. The number of likely N-dealkylation sites (N-methyl/N-ethyl adjacent to an activating group) is 1. The van der Waals surface area contributed by atoms with E-state index in [0.717, 1.165) is 19.7 Å². The number of ether oxygens (including phenoxy) is 1. The number of hydrogen-bond acceptors (Lipinski definition) is 3. The van der Waals surface area contributed by atoms with Crippen LogP contribution in [0.25, 0.3) is 0 Å². The van der Waals surface area contributed by atoms with Crippen LogP contribution in [-0.2, 0) is 4.74 Å². The molecular weight excluding hydrogens is 164 g/mol. The molecule has 0 aromatic heterocycles. The molecule has 1 rings (SSSR count). The molecule has 78 valence electrons. The monoisotopic (exact) mass is 186 g/mol. The third-order valence-corrected chi connectivity index (χ3v) is 2.90. The van der Waals surface area contributed by atoms with E-state index < -0.39 is 0 Å². The van der Waals surface area contributed by atoms with Crippen LogP contribution in [0.2, 0.25) is 0 Å². The molecule has 0 aliphatic carbocycles. The van der Waals surface area contributed by atoms with E-state index in [1.54, 1.807) is 7.11 Å². The fraction of sp³-hybridized carbons (Fsp3) is 1.00. The van der Waals surface area contributed by atoms with Gasteiger partial charge in [0.15, 0.2) is 0 Å². The molecule has 1 fully saturated rings. The van der Waals surface area contributed by atoms with Gasteiger partial charge in [-0.2, -0.15) is 0 Å². The summed E-state index contributed by atoms with van der Waals surface area (Å²) in [5.41, 5.74) is 0. The van der Waals surface area contributed by atoms with Crippen LogP contribution in [0.4, 0.5) is 0 Å². The van der Waals surface area contributed by atoms with Crippen LogP contribution >= 0.6 is 0 Å². The first kappa shape index (κ1) is 11.0. The summed E-state index contributed by atoms with van der Waals surface area (Å²) in [6, 6.07) is 1.23. The lowest BCUT2D eigenvalue weighted by atomic mass is 10.1. The van der Waals surface area contributed by atoms with Crippen LogP contribution in [0.15, 0.2) is 0 Å². The van der Waals surface area contributed by atoms with Crippen molar-refractivity contribution in [1.82, 2.24) is 9.80 Å². The zero-order valence-electron chi connectivity index (χ0n) is 9.29. The molecule has 0 spiro atoms. The average molecular weight is 186 g/mol. The second-order valence-electron chi connectivity index (χ2n) is 4.18. The summed E-state index contributed by atoms with van der Waals surface area (Å²) in [7, 11) is 3.96. The topological polar surface area (TPSA) is 15.7 Å². The van der Waals surface area contributed by atoms with E-state index in [-0.39, 0.29) is 0 Å². The maximum absolute atomic E-state index is 5.21. The molecule has 1 saturated heterocycles. The van der Waals surface area contributed by atoms with Crippen LogP contribution in [-0.4, -0.2) is 62.3 Å². The summed E-state index contributed by atoms with van der Waals surface area (Å²) in [6.45, 7) is 8.85. The van der Waals surface area contributed by atoms with Gasteiger partial charge in [0.1, 0.15) is 0 Å². The van der Waals surface area contributed by atoms with Crippen molar-refractivity contribution in [1.29, 1.82) is 0 Å². The molecule has 0 N–H and O–H groups in total. The van der Waals surface area contributed by atoms with E-state index in [1.165, 1.54) is 6.54 Å². The molecule has 3 heteroatoms. The van der Waals surface area contributed by atoms with Crippen molar-refractivity contribution in [3.63, 3.8) is 0 Å². The molecule has 0 aromatic carbocycles. The van der Waals surface area contributed by atoms with Crippen molar-refractivity contribution in [3.05, 3.63) is 0 Å². The second kappa shape index (κ2) is 4.94. The Morgan fingerprint density at radius 3 is 2.62 bits per heavy atom. The van der Waals surface area contributed by atoms with E-state index in [4.69, 9.17) is 4.74 Å². The van der Waals surface area contributed by atoms with Gasteiger partial charge in [-0.05, 0) is 20.9 Å². The zero-order valence-corrected chi connectivity index (χ0v) is 9.29. The third-order valence-electron chi connectivity index (χ3n) is 2.90. The molecule has 1 atom stereocenters. The van der Waals surface area contributed by atoms with Gasteiger partial charge in [0, 0.05) is 38.8 Å². The highest BCUT2D eigenvalue weighted by Gasteiger charge is 2.25. The molecule has 0 saturated carbocycles. The van der Waals surface area contributed by atoms with E-state index in [1.807, 2.05) is 0 Å². The smallest absolute Gasteiger partial charge is 0.0630 e. The minimum atomic E-state index is 0.571. The number of piperazine rings is 1. The van der Waals surface area contributed by atoms with Crippen LogP contribution in [0, 0.1) is 0 Å². The Bertz CT molecular complexity index is 150. The average Bonchev–Trinajstić information content (AvgIpc) is 2.08. The maximum Gasteiger partial charge on any atom is 0.0630 e. The van der Waals surface area contributed by atoms with Gasteiger partial charge in [0.25, 0.3) is 0 Å². The summed E-state index contributed by atoms with van der Waals surface area (Å²) in [4.78, 5) is 4.91. The minimum Gasteiger partial charge on any atom is -0.383 e. The van der Waals surface area contributed by atoms with Crippen LogP contribution in [0.1, 0.15) is 13.8 Å². The third kappa shape index (κ3) is 2.93. The van der Waals surface area contributed by atoms with Crippen molar-refractivity contribution < 1.29 is 4.74 Å². The predicted octanol–water partition coefficient (Wildman–Crippen LogP) is 0.657. The van der Waals surface area contributed by atoms with Gasteiger partial charge in [0.05, 0.1) is 6.61 Å². The first-order valence-electron chi connectivity index (χ1n) is 5.08. The Labute approximate surface area is 81.7 Å². The summed E-state index contributed by atoms with van der Waals surface area (Å²) in [5.74, 6) is 0. The van der Waals surface area contributed by atoms with Crippen molar-refractivity contribution in [3.8, 4) is 0 Å². The molecule has 1 heterocycles. The normalized spacial score (nSPS) is 27.0. The van der Waals surface area contributed by atoms with Gasteiger partial charge < -0.3 is 4.74 Å². The quantitative estimate of drug-likeness (QED) is 0.644. The number of methoxy groups -OCH3 is 1. The Hall–Kier alpha value is -0.120. The van der Waals surface area contributed by atoms with Crippen LogP contribution < -0.4 is 0 Å². The standard InChI is InChI=1S/C10H22N2O/c1-9(2)12-6-5-11(3)10(7-12)8-13-4/h9-10H,5-8H2,1-4H3/t10-/m0/s1. The molecule has 0 aromatic rings. The van der Waals surface area contributed by atoms with Crippen molar-refractivity contribution >= 4 is 0 Å². The van der Waals surface area contributed by atoms with Crippen molar-refractivity contribution in [2.75, 3.05) is 40.4 Å². The first-order chi connectivity index (χ1) is 6.15. The van der Waals surface area contributed by atoms with E-state index in [0.29, 0.717) is 12.1 Å². The predicted molar refractivity (Wildman–Crippen MR) is 55.0 cm³/mol. The molecule has 1 aliphatic rings. The highest BCUT2D eigenvalue weighted by molar-refractivity contribution is 4.81. The molecule has 0 amide bonds. The SMILES string of the molecule is COC[C@@H]1CN(C(C)C)CCN1C. The van der Waals surface area contributed by atoms with Crippen molar-refractivity contribution in [2.24, 2.45) is 0 Å². The molecule has 3 nitrogen and oxygen atoms in total. The molecule has 1 aliphatic heterocycles. The Kier molecular flexibility index (Phi) is 4.16. The van der Waals surface area contributed by atoms with Crippen LogP contribution in [0.5, 0.6) is 0 Å². The lowest BCUT2D eigenvalue weighted by Gasteiger charge is -2.41. The summed E-state index contributed by atoms with van der Waals surface area (Å²) >= 11 is 0.